The number of rotatable bonds is 0. The number of hydrogen-bond donors (Lipinski definition) is 1. The molecule has 2 aromatic carbocycles. The van der Waals surface area contributed by atoms with Gasteiger partial charge in [-0.05, 0) is 29.3 Å². The molecule has 3 rings (SSSR count). The monoisotopic (exact) mass is 218 g/mol. The van der Waals surface area contributed by atoms with Crippen LogP contribution in [0.5, 0.6) is 0 Å². The smallest absolute Gasteiger partial charge is 0.0992 e. The molecule has 1 heterocycles. The SMILES string of the molecule is N#Cc1ccc2c(c1)Nc1ccccc1C=C2. The van der Waals surface area contributed by atoms with Crippen molar-refractivity contribution in [1.29, 1.82) is 5.26 Å². The molecular weight excluding hydrogens is 208 g/mol. The largest absolute Gasteiger partial charge is 0.355 e. The summed E-state index contributed by atoms with van der Waals surface area (Å²) in [5.74, 6) is 0. The summed E-state index contributed by atoms with van der Waals surface area (Å²) in [6.45, 7) is 0. The Morgan fingerprint density at radius 2 is 1.65 bits per heavy atom. The van der Waals surface area contributed by atoms with E-state index in [0.717, 1.165) is 22.5 Å². The lowest BCUT2D eigenvalue weighted by Crippen LogP contribution is -1.93. The molecule has 0 saturated heterocycles. The van der Waals surface area contributed by atoms with Gasteiger partial charge in [-0.1, -0.05) is 36.4 Å². The molecule has 2 heteroatoms. The van der Waals surface area contributed by atoms with E-state index in [4.69, 9.17) is 5.26 Å². The highest BCUT2D eigenvalue weighted by Gasteiger charge is 2.08. The Morgan fingerprint density at radius 1 is 0.882 bits per heavy atom. The van der Waals surface area contributed by atoms with Crippen molar-refractivity contribution in [2.75, 3.05) is 5.32 Å². The average molecular weight is 218 g/mol. The van der Waals surface area contributed by atoms with Gasteiger partial charge in [0.25, 0.3) is 0 Å². The predicted octanol–water partition coefficient (Wildman–Crippen LogP) is 3.79. The van der Waals surface area contributed by atoms with Crippen LogP contribution >= 0.6 is 0 Å². The van der Waals surface area contributed by atoms with Gasteiger partial charge in [0.15, 0.2) is 0 Å². The fourth-order valence-electron chi connectivity index (χ4n) is 1.96. The molecule has 1 aliphatic rings. The van der Waals surface area contributed by atoms with E-state index >= 15 is 0 Å². The number of anilines is 2. The molecule has 1 aliphatic heterocycles. The minimum absolute atomic E-state index is 0.670. The number of benzene rings is 2. The third-order valence-electron chi connectivity index (χ3n) is 2.85. The first-order valence-electron chi connectivity index (χ1n) is 5.45. The Morgan fingerprint density at radius 3 is 2.47 bits per heavy atom. The number of nitriles is 1. The summed E-state index contributed by atoms with van der Waals surface area (Å²) in [5.41, 5.74) is 4.97. The summed E-state index contributed by atoms with van der Waals surface area (Å²) in [6, 6.07) is 15.9. The number of nitrogens with one attached hydrogen (secondary N) is 1. The Hall–Kier alpha value is -2.53. The second-order valence-electron chi connectivity index (χ2n) is 3.96. The normalized spacial score (nSPS) is 11.7. The highest BCUT2D eigenvalue weighted by atomic mass is 14.9. The van der Waals surface area contributed by atoms with Crippen LogP contribution < -0.4 is 5.32 Å². The van der Waals surface area contributed by atoms with Crippen molar-refractivity contribution in [2.45, 2.75) is 0 Å². The molecule has 0 atom stereocenters. The van der Waals surface area contributed by atoms with Crippen molar-refractivity contribution >= 4 is 23.5 Å². The minimum Gasteiger partial charge on any atom is -0.355 e. The Balaban J connectivity index is 2.16. The fraction of sp³-hybridized carbons (Fsp3) is 0. The van der Waals surface area contributed by atoms with Gasteiger partial charge in [0.2, 0.25) is 0 Å². The molecule has 1 N–H and O–H groups in total. The molecule has 0 spiro atoms. The zero-order chi connectivity index (χ0) is 11.7. The summed E-state index contributed by atoms with van der Waals surface area (Å²) in [4.78, 5) is 0. The van der Waals surface area contributed by atoms with Gasteiger partial charge < -0.3 is 5.32 Å². The topological polar surface area (TPSA) is 35.8 Å². The van der Waals surface area contributed by atoms with E-state index in [1.807, 2.05) is 36.4 Å². The molecule has 0 radical (unpaired) electrons. The van der Waals surface area contributed by atoms with E-state index < -0.39 is 0 Å². The van der Waals surface area contributed by atoms with E-state index in [2.05, 4.69) is 29.6 Å². The van der Waals surface area contributed by atoms with Crippen LogP contribution in [-0.4, -0.2) is 0 Å². The number of fused-ring (bicyclic) bond motifs is 2. The summed E-state index contributed by atoms with van der Waals surface area (Å²) < 4.78 is 0. The van der Waals surface area contributed by atoms with Crippen molar-refractivity contribution < 1.29 is 0 Å². The molecule has 0 fully saturated rings. The molecule has 0 aliphatic carbocycles. The first kappa shape index (κ1) is 9.68. The molecule has 80 valence electrons. The molecule has 0 aromatic heterocycles. The van der Waals surface area contributed by atoms with Gasteiger partial charge in [-0.3, -0.25) is 0 Å². The summed E-state index contributed by atoms with van der Waals surface area (Å²) >= 11 is 0. The van der Waals surface area contributed by atoms with Gasteiger partial charge >= 0.3 is 0 Å². The summed E-state index contributed by atoms with van der Waals surface area (Å²) in [7, 11) is 0. The van der Waals surface area contributed by atoms with Crippen molar-refractivity contribution in [3.63, 3.8) is 0 Å². The number of nitrogens with zero attached hydrogens (tertiary/aromatic N) is 1. The highest BCUT2D eigenvalue weighted by Crippen LogP contribution is 2.30. The van der Waals surface area contributed by atoms with Crippen molar-refractivity contribution in [3.8, 4) is 6.07 Å². The Kier molecular flexibility index (Phi) is 2.16. The summed E-state index contributed by atoms with van der Waals surface area (Å²) in [6.07, 6.45) is 4.15. The maximum absolute atomic E-state index is 8.91. The van der Waals surface area contributed by atoms with Crippen LogP contribution in [0.3, 0.4) is 0 Å². The minimum atomic E-state index is 0.670. The third kappa shape index (κ3) is 1.68. The van der Waals surface area contributed by atoms with Crippen molar-refractivity contribution in [2.24, 2.45) is 0 Å². The Bertz CT molecular complexity index is 648. The van der Waals surface area contributed by atoms with Crippen LogP contribution in [-0.2, 0) is 0 Å². The van der Waals surface area contributed by atoms with Crippen LogP contribution in [0.1, 0.15) is 16.7 Å². The van der Waals surface area contributed by atoms with Gasteiger partial charge in [-0.15, -0.1) is 0 Å². The lowest BCUT2D eigenvalue weighted by atomic mass is 10.1. The van der Waals surface area contributed by atoms with Crippen LogP contribution in [0.25, 0.3) is 12.2 Å². The van der Waals surface area contributed by atoms with E-state index in [1.165, 1.54) is 0 Å². The van der Waals surface area contributed by atoms with Gasteiger partial charge in [-0.25, -0.2) is 0 Å². The standard InChI is InChI=1S/C15H10N2/c16-10-11-5-6-13-8-7-12-3-1-2-4-14(12)17-15(13)9-11/h1-9,17H. The van der Waals surface area contributed by atoms with Crippen molar-refractivity contribution in [3.05, 3.63) is 59.2 Å². The van der Waals surface area contributed by atoms with Gasteiger partial charge in [0, 0.05) is 11.4 Å². The van der Waals surface area contributed by atoms with Crippen LogP contribution in [0.2, 0.25) is 0 Å². The average Bonchev–Trinajstić information content (AvgIpc) is 2.56. The first-order valence-corrected chi connectivity index (χ1v) is 5.45. The van der Waals surface area contributed by atoms with Gasteiger partial charge in [0.1, 0.15) is 0 Å². The van der Waals surface area contributed by atoms with Crippen LogP contribution in [0.15, 0.2) is 42.5 Å². The lowest BCUT2D eigenvalue weighted by Gasteiger charge is -2.09. The molecule has 17 heavy (non-hydrogen) atoms. The van der Waals surface area contributed by atoms with Gasteiger partial charge in [-0.2, -0.15) is 5.26 Å². The molecule has 0 amide bonds. The van der Waals surface area contributed by atoms with E-state index in [0.29, 0.717) is 5.56 Å². The zero-order valence-corrected chi connectivity index (χ0v) is 9.14. The summed E-state index contributed by atoms with van der Waals surface area (Å²) in [5, 5.41) is 12.3. The van der Waals surface area contributed by atoms with E-state index in [9.17, 15) is 0 Å². The second-order valence-corrected chi connectivity index (χ2v) is 3.96. The number of hydrogen-bond acceptors (Lipinski definition) is 2. The molecular formula is C15H10N2. The Labute approximate surface area is 99.8 Å². The molecule has 0 unspecified atom stereocenters. The molecule has 2 aromatic rings. The lowest BCUT2D eigenvalue weighted by molar-refractivity contribution is 1.46. The van der Waals surface area contributed by atoms with Gasteiger partial charge in [0.05, 0.1) is 11.6 Å². The fourth-order valence-corrected chi connectivity index (χ4v) is 1.96. The van der Waals surface area contributed by atoms with E-state index in [1.54, 1.807) is 0 Å². The highest BCUT2D eigenvalue weighted by molar-refractivity contribution is 5.87. The molecule has 0 saturated carbocycles. The maximum atomic E-state index is 8.91. The van der Waals surface area contributed by atoms with Crippen LogP contribution in [0.4, 0.5) is 11.4 Å². The third-order valence-corrected chi connectivity index (χ3v) is 2.85. The first-order chi connectivity index (χ1) is 8.36. The molecule has 2 nitrogen and oxygen atoms in total. The predicted molar refractivity (Wildman–Crippen MR) is 69.8 cm³/mol. The van der Waals surface area contributed by atoms with E-state index in [-0.39, 0.29) is 0 Å². The second kappa shape index (κ2) is 3.80. The number of para-hydroxylation sites is 1. The van der Waals surface area contributed by atoms with Crippen molar-refractivity contribution in [1.82, 2.24) is 0 Å². The zero-order valence-electron chi connectivity index (χ0n) is 9.14. The molecule has 0 bridgehead atoms. The van der Waals surface area contributed by atoms with Crippen LogP contribution in [0, 0.1) is 11.3 Å². The quantitative estimate of drug-likeness (QED) is 0.623. The maximum Gasteiger partial charge on any atom is 0.0992 e.